The molecule has 11 aromatic rings. The molecule has 0 aliphatic rings. The van der Waals surface area contributed by atoms with Crippen molar-refractivity contribution in [2.75, 3.05) is 0 Å². The lowest BCUT2D eigenvalue weighted by Gasteiger charge is -2.13. The van der Waals surface area contributed by atoms with Crippen molar-refractivity contribution in [1.82, 2.24) is 19.5 Å². The minimum absolute atomic E-state index is 0.151. The van der Waals surface area contributed by atoms with Crippen molar-refractivity contribution < 1.29 is 11.3 Å². The molecule has 56 heavy (non-hydrogen) atoms. The molecule has 262 valence electrons. The molecule has 0 bridgehead atoms. The first-order valence-corrected chi connectivity index (χ1v) is 18.4. The van der Waals surface area contributed by atoms with Crippen LogP contribution in [0.1, 0.15) is 6.85 Å². The van der Waals surface area contributed by atoms with Crippen LogP contribution in [0.2, 0.25) is 0 Å². The molecule has 0 amide bonds. The van der Waals surface area contributed by atoms with Crippen LogP contribution < -0.4 is 0 Å². The van der Waals surface area contributed by atoms with Crippen LogP contribution in [0.25, 0.3) is 106 Å². The Morgan fingerprint density at radius 2 is 1.05 bits per heavy atom. The zero-order valence-electron chi connectivity index (χ0n) is 34.8. The van der Waals surface area contributed by atoms with Crippen molar-refractivity contribution in [1.29, 1.82) is 0 Å². The molecular formula is C51H32N4O. The highest BCUT2D eigenvalue weighted by Gasteiger charge is 2.22. The van der Waals surface area contributed by atoms with E-state index in [1.54, 1.807) is 0 Å². The lowest BCUT2D eigenvalue weighted by molar-refractivity contribution is 0.670. The van der Waals surface area contributed by atoms with Crippen molar-refractivity contribution >= 4 is 43.7 Å². The second-order valence-electron chi connectivity index (χ2n) is 13.6. The topological polar surface area (TPSA) is 56.7 Å². The zero-order valence-corrected chi connectivity index (χ0v) is 29.8. The highest BCUT2D eigenvalue weighted by molar-refractivity contribution is 6.17. The van der Waals surface area contributed by atoms with E-state index >= 15 is 0 Å². The van der Waals surface area contributed by atoms with Gasteiger partial charge in [-0.15, -0.1) is 0 Å². The minimum atomic E-state index is -0.424. The molecule has 0 radical (unpaired) electrons. The first kappa shape index (κ1) is 27.0. The van der Waals surface area contributed by atoms with Gasteiger partial charge >= 0.3 is 0 Å². The summed E-state index contributed by atoms with van der Waals surface area (Å²) in [5.41, 5.74) is 9.04. The van der Waals surface area contributed by atoms with Gasteiger partial charge in [-0.3, -0.25) is 0 Å². The van der Waals surface area contributed by atoms with E-state index in [-0.39, 0.29) is 29.7 Å². The first-order valence-electron chi connectivity index (χ1n) is 20.9. The fourth-order valence-electron chi connectivity index (χ4n) is 7.79. The standard InChI is InChI=1S/C51H32N4O/c1-5-16-33(17-6-1)37-28-29-40-39-24-13-14-26-44(39)55(45(40)30-37)38-31-42(34-18-7-2-8-19-34)48-43(32-38)47-41(25-15-27-46(47)56-48)51-53-49(35-20-9-3-10-21-35)52-50(54-51)36-22-11-4-12-23-36/h1-32H/i1D,5D,6D,16D,17D. The van der Waals surface area contributed by atoms with E-state index in [1.807, 2.05) is 127 Å². The Morgan fingerprint density at radius 1 is 0.429 bits per heavy atom. The Morgan fingerprint density at radius 3 is 1.77 bits per heavy atom. The summed E-state index contributed by atoms with van der Waals surface area (Å²) in [6.07, 6.45) is 0. The largest absolute Gasteiger partial charge is 0.455 e. The second-order valence-corrected chi connectivity index (χ2v) is 13.6. The van der Waals surface area contributed by atoms with Crippen molar-refractivity contribution in [3.8, 4) is 62.1 Å². The molecule has 0 saturated carbocycles. The summed E-state index contributed by atoms with van der Waals surface area (Å²) >= 11 is 0. The van der Waals surface area contributed by atoms with Crippen molar-refractivity contribution in [3.63, 3.8) is 0 Å². The molecule has 0 aliphatic carbocycles. The van der Waals surface area contributed by atoms with Gasteiger partial charge in [-0.05, 0) is 47.0 Å². The third kappa shape index (κ3) is 5.29. The molecule has 0 aliphatic heterocycles. The average molecular weight is 722 g/mol. The van der Waals surface area contributed by atoms with E-state index in [2.05, 4.69) is 41.0 Å². The Labute approximate surface area is 329 Å². The van der Waals surface area contributed by atoms with Gasteiger partial charge in [-0.25, -0.2) is 15.0 Å². The Hall–Kier alpha value is -7.63. The molecule has 0 N–H and O–H groups in total. The van der Waals surface area contributed by atoms with E-state index in [0.29, 0.717) is 34.2 Å². The summed E-state index contributed by atoms with van der Waals surface area (Å²) in [5.74, 6) is 1.62. The van der Waals surface area contributed by atoms with Crippen LogP contribution in [0.5, 0.6) is 0 Å². The van der Waals surface area contributed by atoms with Gasteiger partial charge in [-0.1, -0.05) is 164 Å². The van der Waals surface area contributed by atoms with E-state index < -0.39 is 6.04 Å². The van der Waals surface area contributed by atoms with Gasteiger partial charge in [0.2, 0.25) is 0 Å². The minimum Gasteiger partial charge on any atom is -0.455 e. The molecule has 8 aromatic carbocycles. The van der Waals surface area contributed by atoms with E-state index in [0.717, 1.165) is 66.1 Å². The van der Waals surface area contributed by atoms with Crippen molar-refractivity contribution in [3.05, 3.63) is 194 Å². The van der Waals surface area contributed by atoms with Gasteiger partial charge in [0.1, 0.15) is 11.2 Å². The summed E-state index contributed by atoms with van der Waals surface area (Å²) < 4.78 is 51.6. The maximum atomic E-state index is 8.79. The molecule has 3 aromatic heterocycles. The number of hydrogen-bond acceptors (Lipinski definition) is 4. The number of nitrogens with zero attached hydrogens (tertiary/aromatic N) is 4. The van der Waals surface area contributed by atoms with Crippen LogP contribution in [0.15, 0.2) is 198 Å². The number of furan rings is 1. The quantitative estimate of drug-likeness (QED) is 0.172. The molecule has 0 spiro atoms. The SMILES string of the molecule is [2H]c1c([2H])c([2H])c(-c2ccc3c4ccccc4n(-c4cc(-c5ccccc5)c5oc6cccc(-c7nc(-c8ccccc8)nc(-c8ccccc8)n7)c6c5c4)c3c2)c([2H])c1[2H]. The van der Waals surface area contributed by atoms with Gasteiger partial charge < -0.3 is 8.98 Å². The average Bonchev–Trinajstić information content (AvgIpc) is 3.86. The molecule has 0 unspecified atom stereocenters. The Bertz CT molecular complexity index is 3450. The third-order valence-corrected chi connectivity index (χ3v) is 10.3. The fraction of sp³-hybridized carbons (Fsp3) is 0. The molecule has 11 rings (SSSR count). The molecule has 5 heteroatoms. The lowest BCUT2D eigenvalue weighted by Crippen LogP contribution is -2.00. The third-order valence-electron chi connectivity index (χ3n) is 10.3. The monoisotopic (exact) mass is 721 g/mol. The van der Waals surface area contributed by atoms with Crippen LogP contribution in [0.4, 0.5) is 0 Å². The van der Waals surface area contributed by atoms with Crippen LogP contribution in [0.3, 0.4) is 0 Å². The van der Waals surface area contributed by atoms with Gasteiger partial charge in [0, 0.05) is 49.5 Å². The van der Waals surface area contributed by atoms with Crippen LogP contribution >= 0.6 is 0 Å². The molecule has 0 saturated heterocycles. The van der Waals surface area contributed by atoms with Gasteiger partial charge in [0.05, 0.1) is 17.9 Å². The van der Waals surface area contributed by atoms with E-state index in [4.69, 9.17) is 26.2 Å². The highest BCUT2D eigenvalue weighted by Crippen LogP contribution is 2.43. The summed E-state index contributed by atoms with van der Waals surface area (Å²) in [6.45, 7) is 0. The Balaban J connectivity index is 1.22. The summed E-state index contributed by atoms with van der Waals surface area (Å²) in [7, 11) is 0. The smallest absolute Gasteiger partial charge is 0.164 e. The summed E-state index contributed by atoms with van der Waals surface area (Å²) in [5, 5.41) is 3.67. The lowest BCUT2D eigenvalue weighted by atomic mass is 9.99. The number of para-hydroxylation sites is 1. The molecule has 5 nitrogen and oxygen atoms in total. The van der Waals surface area contributed by atoms with Gasteiger partial charge in [0.25, 0.3) is 0 Å². The number of fused-ring (bicyclic) bond motifs is 6. The van der Waals surface area contributed by atoms with E-state index in [9.17, 15) is 0 Å². The van der Waals surface area contributed by atoms with Gasteiger partial charge in [0.15, 0.2) is 17.5 Å². The van der Waals surface area contributed by atoms with Crippen molar-refractivity contribution in [2.45, 2.75) is 0 Å². The second kappa shape index (κ2) is 13.0. The van der Waals surface area contributed by atoms with Gasteiger partial charge in [-0.2, -0.15) is 0 Å². The van der Waals surface area contributed by atoms with E-state index in [1.165, 1.54) is 0 Å². The molecule has 3 heterocycles. The molecule has 0 fully saturated rings. The Kier molecular flexibility index (Phi) is 6.29. The van der Waals surface area contributed by atoms with Crippen LogP contribution in [-0.4, -0.2) is 19.5 Å². The number of benzene rings is 8. The predicted octanol–water partition coefficient (Wildman–Crippen LogP) is 13.2. The molecule has 0 atom stereocenters. The highest BCUT2D eigenvalue weighted by atomic mass is 16.3. The summed E-state index contributed by atoms with van der Waals surface area (Å²) in [4.78, 5) is 15.1. The van der Waals surface area contributed by atoms with Crippen molar-refractivity contribution in [2.24, 2.45) is 0 Å². The zero-order chi connectivity index (χ0) is 41.4. The fourth-order valence-corrected chi connectivity index (χ4v) is 7.79. The summed E-state index contributed by atoms with van der Waals surface area (Å²) in [6, 6.07) is 52.4. The predicted molar refractivity (Wildman–Crippen MR) is 229 cm³/mol. The first-order chi connectivity index (χ1) is 29.8. The molecular weight excluding hydrogens is 685 g/mol. The number of aromatic nitrogens is 4. The number of hydrogen-bond donors (Lipinski definition) is 0. The maximum Gasteiger partial charge on any atom is 0.164 e. The van der Waals surface area contributed by atoms with Crippen LogP contribution in [0, 0.1) is 0 Å². The normalized spacial score (nSPS) is 12.8. The number of rotatable bonds is 6. The van der Waals surface area contributed by atoms with Crippen LogP contribution in [-0.2, 0) is 0 Å². The maximum absolute atomic E-state index is 8.79.